The van der Waals surface area contributed by atoms with Crippen LogP contribution in [0.4, 0.5) is 5.69 Å². The molecule has 0 spiro atoms. The first kappa shape index (κ1) is 22.6. The SMILES string of the molecule is C1=CCC(C2NC(c3ccccc3)C3C4CCCCC4C4CCCC5c6ccccc6N(C3N2)C54)C=C1. The quantitative estimate of drug-likeness (QED) is 0.478. The van der Waals surface area contributed by atoms with Crippen LogP contribution in [0.3, 0.4) is 0 Å². The number of para-hydroxylation sites is 1. The van der Waals surface area contributed by atoms with Crippen molar-refractivity contribution >= 4 is 5.69 Å². The Morgan fingerprint density at radius 1 is 0.730 bits per heavy atom. The molecule has 6 aliphatic rings. The second-order valence-electron chi connectivity index (χ2n) is 12.7. The van der Waals surface area contributed by atoms with Gasteiger partial charge in [-0.3, -0.25) is 10.6 Å². The van der Waals surface area contributed by atoms with E-state index in [-0.39, 0.29) is 6.17 Å². The highest BCUT2D eigenvalue weighted by Crippen LogP contribution is 2.60. The van der Waals surface area contributed by atoms with Crippen molar-refractivity contribution in [3.8, 4) is 0 Å². The van der Waals surface area contributed by atoms with E-state index in [2.05, 4.69) is 94.4 Å². The Morgan fingerprint density at radius 2 is 1.54 bits per heavy atom. The van der Waals surface area contributed by atoms with E-state index < -0.39 is 0 Å². The summed E-state index contributed by atoms with van der Waals surface area (Å²) >= 11 is 0. The zero-order chi connectivity index (χ0) is 24.3. The van der Waals surface area contributed by atoms with Gasteiger partial charge in [0.2, 0.25) is 0 Å². The molecule has 2 saturated heterocycles. The summed E-state index contributed by atoms with van der Waals surface area (Å²) in [4.78, 5) is 2.97. The van der Waals surface area contributed by atoms with Gasteiger partial charge in [0.1, 0.15) is 0 Å². The molecule has 3 heterocycles. The van der Waals surface area contributed by atoms with Gasteiger partial charge >= 0.3 is 0 Å². The van der Waals surface area contributed by atoms with Crippen LogP contribution in [0.1, 0.15) is 74.5 Å². The number of anilines is 1. The molecule has 192 valence electrons. The highest BCUT2D eigenvalue weighted by Gasteiger charge is 2.59. The fraction of sp³-hybridized carbons (Fsp3) is 0.529. The lowest BCUT2D eigenvalue weighted by Crippen LogP contribution is -2.68. The van der Waals surface area contributed by atoms with Crippen LogP contribution in [0.2, 0.25) is 0 Å². The molecule has 8 rings (SSSR count). The molecular weight excluding hydrogens is 450 g/mol. The summed E-state index contributed by atoms with van der Waals surface area (Å²) in [5.41, 5.74) is 4.66. The van der Waals surface area contributed by atoms with Crippen LogP contribution < -0.4 is 15.5 Å². The molecule has 10 atom stereocenters. The number of fused-ring (bicyclic) bond motifs is 8. The van der Waals surface area contributed by atoms with Gasteiger partial charge in [0.25, 0.3) is 0 Å². The van der Waals surface area contributed by atoms with Gasteiger partial charge in [-0.2, -0.15) is 0 Å². The van der Waals surface area contributed by atoms with E-state index in [1.807, 2.05) is 0 Å². The zero-order valence-electron chi connectivity index (χ0n) is 21.9. The van der Waals surface area contributed by atoms with Crippen molar-refractivity contribution in [2.75, 3.05) is 4.90 Å². The van der Waals surface area contributed by atoms with Gasteiger partial charge in [-0.05, 0) is 67.1 Å². The van der Waals surface area contributed by atoms with Crippen molar-refractivity contribution in [1.82, 2.24) is 10.6 Å². The lowest BCUT2D eigenvalue weighted by atomic mass is 9.60. The van der Waals surface area contributed by atoms with Gasteiger partial charge in [0.15, 0.2) is 0 Å². The van der Waals surface area contributed by atoms with Crippen molar-refractivity contribution in [3.05, 3.63) is 90.0 Å². The van der Waals surface area contributed by atoms with Gasteiger partial charge in [-0.25, -0.2) is 0 Å². The van der Waals surface area contributed by atoms with E-state index in [1.54, 1.807) is 5.56 Å². The summed E-state index contributed by atoms with van der Waals surface area (Å²) in [6.07, 6.45) is 20.9. The van der Waals surface area contributed by atoms with E-state index in [0.29, 0.717) is 36.0 Å². The summed E-state index contributed by atoms with van der Waals surface area (Å²) in [5.74, 6) is 4.24. The number of nitrogens with zero attached hydrogens (tertiary/aromatic N) is 1. The highest BCUT2D eigenvalue weighted by molar-refractivity contribution is 5.64. The van der Waals surface area contributed by atoms with Crippen LogP contribution in [0.25, 0.3) is 0 Å². The van der Waals surface area contributed by atoms with E-state index in [9.17, 15) is 0 Å². The predicted octanol–water partition coefficient (Wildman–Crippen LogP) is 6.91. The van der Waals surface area contributed by atoms with Gasteiger partial charge in [-0.1, -0.05) is 92.1 Å². The maximum Gasteiger partial charge on any atom is 0.0861 e. The average Bonchev–Trinajstić information content (AvgIpc) is 3.25. The third kappa shape index (κ3) is 3.53. The summed E-state index contributed by atoms with van der Waals surface area (Å²) in [7, 11) is 0. The van der Waals surface area contributed by atoms with Crippen LogP contribution in [-0.2, 0) is 0 Å². The second kappa shape index (κ2) is 9.13. The molecular formula is C34H41N3. The highest BCUT2D eigenvalue weighted by atomic mass is 15.4. The van der Waals surface area contributed by atoms with Crippen molar-refractivity contribution in [1.29, 1.82) is 0 Å². The summed E-state index contributed by atoms with van der Waals surface area (Å²) in [5, 5.41) is 8.57. The molecule has 0 aromatic heterocycles. The third-order valence-corrected chi connectivity index (χ3v) is 11.1. The normalized spacial score (nSPS) is 41.8. The van der Waals surface area contributed by atoms with E-state index in [4.69, 9.17) is 0 Å². The van der Waals surface area contributed by atoms with E-state index >= 15 is 0 Å². The first-order valence-corrected chi connectivity index (χ1v) is 15.2. The zero-order valence-corrected chi connectivity index (χ0v) is 21.9. The molecule has 4 fully saturated rings. The molecule has 10 unspecified atom stereocenters. The van der Waals surface area contributed by atoms with Crippen molar-refractivity contribution in [2.45, 2.75) is 81.7 Å². The topological polar surface area (TPSA) is 27.3 Å². The van der Waals surface area contributed by atoms with Crippen molar-refractivity contribution < 1.29 is 0 Å². The number of allylic oxidation sites excluding steroid dienone is 3. The molecule has 3 aliphatic heterocycles. The van der Waals surface area contributed by atoms with Gasteiger partial charge < -0.3 is 4.90 Å². The molecule has 3 aliphatic carbocycles. The monoisotopic (exact) mass is 491 g/mol. The minimum absolute atomic E-state index is 0.279. The Balaban J connectivity index is 1.30. The molecule has 2 aromatic rings. The predicted molar refractivity (Wildman–Crippen MR) is 151 cm³/mol. The van der Waals surface area contributed by atoms with Crippen LogP contribution >= 0.6 is 0 Å². The molecule has 2 aromatic carbocycles. The largest absolute Gasteiger partial charge is 0.351 e. The van der Waals surface area contributed by atoms with E-state index in [1.165, 1.54) is 56.2 Å². The Hall–Kier alpha value is -2.36. The average molecular weight is 492 g/mol. The van der Waals surface area contributed by atoms with E-state index in [0.717, 1.165) is 24.2 Å². The first-order chi connectivity index (χ1) is 18.4. The van der Waals surface area contributed by atoms with Gasteiger partial charge in [-0.15, -0.1) is 0 Å². The molecule has 2 saturated carbocycles. The minimum Gasteiger partial charge on any atom is -0.351 e. The number of nitrogens with one attached hydrogen (secondary N) is 2. The Morgan fingerprint density at radius 3 is 2.41 bits per heavy atom. The fourth-order valence-corrected chi connectivity index (χ4v) is 9.80. The molecule has 0 amide bonds. The first-order valence-electron chi connectivity index (χ1n) is 15.2. The summed E-state index contributed by atoms with van der Waals surface area (Å²) < 4.78 is 0. The molecule has 0 radical (unpaired) electrons. The van der Waals surface area contributed by atoms with Crippen LogP contribution in [0.15, 0.2) is 78.9 Å². The minimum atomic E-state index is 0.279. The maximum absolute atomic E-state index is 4.33. The van der Waals surface area contributed by atoms with Crippen LogP contribution in [0.5, 0.6) is 0 Å². The Labute approximate surface area is 222 Å². The number of hydrogen-bond donors (Lipinski definition) is 2. The Bertz CT molecular complexity index is 1190. The molecule has 3 heteroatoms. The van der Waals surface area contributed by atoms with Gasteiger partial charge in [0, 0.05) is 35.5 Å². The van der Waals surface area contributed by atoms with Crippen LogP contribution in [0, 0.1) is 29.6 Å². The smallest absolute Gasteiger partial charge is 0.0861 e. The number of benzene rings is 2. The number of rotatable bonds is 2. The number of hydrogen-bond acceptors (Lipinski definition) is 3. The van der Waals surface area contributed by atoms with Crippen LogP contribution in [-0.4, -0.2) is 18.4 Å². The lowest BCUT2D eigenvalue weighted by Gasteiger charge is -2.52. The Kier molecular flexibility index (Phi) is 5.58. The standard InChI is InChI=1S/C34H41N3/c1-3-12-22(13-4-1)31-30-26-18-8-7-16-24(26)27-19-11-20-28-25-17-9-10-21-29(25)37(32(27)28)34(30)36-33(35-31)23-14-5-2-6-15-23/h1-6,9-10,12-14,17,21,23-24,26-28,30-36H,7-8,11,15-16,18-20H2. The second-order valence-corrected chi connectivity index (χ2v) is 12.7. The fourth-order valence-electron chi connectivity index (χ4n) is 9.80. The molecule has 2 N–H and O–H groups in total. The lowest BCUT2D eigenvalue weighted by molar-refractivity contribution is 0.0396. The third-order valence-electron chi connectivity index (χ3n) is 11.1. The summed E-state index contributed by atoms with van der Waals surface area (Å²) in [6.45, 7) is 0. The molecule has 0 bridgehead atoms. The molecule has 3 nitrogen and oxygen atoms in total. The maximum atomic E-state index is 4.33. The van der Waals surface area contributed by atoms with Crippen molar-refractivity contribution in [2.24, 2.45) is 29.6 Å². The van der Waals surface area contributed by atoms with Crippen molar-refractivity contribution in [3.63, 3.8) is 0 Å². The molecule has 37 heavy (non-hydrogen) atoms. The summed E-state index contributed by atoms with van der Waals surface area (Å²) in [6, 6.07) is 22.0. The van der Waals surface area contributed by atoms with Gasteiger partial charge in [0.05, 0.1) is 12.3 Å².